The zero-order chi connectivity index (χ0) is 14.7. The number of aromatic nitrogens is 3. The van der Waals surface area contributed by atoms with Gasteiger partial charge in [0.1, 0.15) is 11.5 Å². The molecule has 1 fully saturated rings. The first kappa shape index (κ1) is 13.3. The number of amides is 1. The Morgan fingerprint density at radius 2 is 1.86 bits per heavy atom. The van der Waals surface area contributed by atoms with E-state index in [0.717, 1.165) is 18.9 Å². The van der Waals surface area contributed by atoms with Crippen molar-refractivity contribution in [2.24, 2.45) is 0 Å². The molecule has 3 heterocycles. The molecule has 0 bridgehead atoms. The van der Waals surface area contributed by atoms with E-state index in [1.165, 1.54) is 12.4 Å². The first-order valence-electron chi connectivity index (χ1n) is 6.76. The molecule has 7 nitrogen and oxygen atoms in total. The number of hydrogen-bond donors (Lipinski definition) is 1. The van der Waals surface area contributed by atoms with Crippen LogP contribution in [0.2, 0.25) is 0 Å². The van der Waals surface area contributed by atoms with Crippen LogP contribution in [0.3, 0.4) is 0 Å². The second-order valence-corrected chi connectivity index (χ2v) is 4.82. The molecule has 1 aliphatic heterocycles. The monoisotopic (exact) mass is 284 g/mol. The summed E-state index contributed by atoms with van der Waals surface area (Å²) in [5, 5.41) is 0. The minimum Gasteiger partial charge on any atom is -0.397 e. The van der Waals surface area contributed by atoms with Crippen molar-refractivity contribution < 1.29 is 4.79 Å². The topological polar surface area (TPSA) is 88.2 Å². The number of anilines is 2. The fourth-order valence-corrected chi connectivity index (χ4v) is 2.29. The molecule has 0 atom stereocenters. The van der Waals surface area contributed by atoms with Crippen LogP contribution in [0.4, 0.5) is 11.5 Å². The number of carbonyl (C=O) groups is 1. The van der Waals surface area contributed by atoms with Gasteiger partial charge in [0.2, 0.25) is 0 Å². The third kappa shape index (κ3) is 2.91. The lowest BCUT2D eigenvalue weighted by atomic mass is 10.2. The Bertz CT molecular complexity index is 607. The highest BCUT2D eigenvalue weighted by atomic mass is 16.2. The summed E-state index contributed by atoms with van der Waals surface area (Å²) in [6, 6.07) is 3.73. The summed E-state index contributed by atoms with van der Waals surface area (Å²) in [5.41, 5.74) is 6.67. The molecule has 3 rings (SSSR count). The highest BCUT2D eigenvalue weighted by molar-refractivity contribution is 5.92. The molecular weight excluding hydrogens is 268 g/mol. The molecule has 1 amide bonds. The van der Waals surface area contributed by atoms with Gasteiger partial charge in [0.15, 0.2) is 0 Å². The van der Waals surface area contributed by atoms with Crippen molar-refractivity contribution in [2.75, 3.05) is 36.8 Å². The first-order valence-corrected chi connectivity index (χ1v) is 6.76. The number of nitrogens with zero attached hydrogens (tertiary/aromatic N) is 5. The molecule has 2 aromatic rings. The van der Waals surface area contributed by atoms with E-state index in [9.17, 15) is 4.79 Å². The molecule has 0 radical (unpaired) electrons. The van der Waals surface area contributed by atoms with E-state index in [0.29, 0.717) is 24.5 Å². The molecule has 0 aliphatic carbocycles. The number of nitrogen functional groups attached to an aromatic ring is 1. The molecule has 0 unspecified atom stereocenters. The maximum Gasteiger partial charge on any atom is 0.274 e. The first-order chi connectivity index (χ1) is 10.2. The number of hydrogen-bond acceptors (Lipinski definition) is 6. The Labute approximate surface area is 122 Å². The van der Waals surface area contributed by atoms with E-state index < -0.39 is 0 Å². The largest absolute Gasteiger partial charge is 0.397 e. The van der Waals surface area contributed by atoms with Crippen molar-refractivity contribution >= 4 is 17.4 Å². The summed E-state index contributed by atoms with van der Waals surface area (Å²) < 4.78 is 0. The van der Waals surface area contributed by atoms with Gasteiger partial charge in [-0.2, -0.15) is 0 Å². The molecule has 0 saturated carbocycles. The van der Waals surface area contributed by atoms with Crippen molar-refractivity contribution in [3.63, 3.8) is 0 Å². The number of rotatable bonds is 2. The van der Waals surface area contributed by atoms with Gasteiger partial charge < -0.3 is 15.5 Å². The average Bonchev–Trinajstić information content (AvgIpc) is 2.56. The summed E-state index contributed by atoms with van der Waals surface area (Å²) in [6.07, 6.45) is 6.23. The van der Waals surface area contributed by atoms with Crippen molar-refractivity contribution in [3.8, 4) is 0 Å². The summed E-state index contributed by atoms with van der Waals surface area (Å²) in [4.78, 5) is 28.5. The molecule has 108 valence electrons. The second-order valence-electron chi connectivity index (χ2n) is 4.82. The normalized spacial score (nSPS) is 15.0. The molecule has 0 aromatic carbocycles. The van der Waals surface area contributed by atoms with E-state index >= 15 is 0 Å². The number of pyridine rings is 1. The van der Waals surface area contributed by atoms with Gasteiger partial charge in [-0.1, -0.05) is 0 Å². The quantitative estimate of drug-likeness (QED) is 0.859. The summed E-state index contributed by atoms with van der Waals surface area (Å²) in [5.74, 6) is 0.809. The second kappa shape index (κ2) is 5.74. The zero-order valence-electron chi connectivity index (χ0n) is 11.5. The third-order valence-corrected chi connectivity index (χ3v) is 3.44. The van der Waals surface area contributed by atoms with Gasteiger partial charge in [-0.25, -0.2) is 9.97 Å². The summed E-state index contributed by atoms with van der Waals surface area (Å²) in [6.45, 7) is 2.76. The molecular formula is C14H16N6O. The van der Waals surface area contributed by atoms with Crippen LogP contribution in [0.1, 0.15) is 10.5 Å². The fraction of sp³-hybridized carbons (Fsp3) is 0.286. The highest BCUT2D eigenvalue weighted by Crippen LogP contribution is 2.15. The molecule has 1 saturated heterocycles. The van der Waals surface area contributed by atoms with E-state index in [2.05, 4.69) is 19.9 Å². The smallest absolute Gasteiger partial charge is 0.274 e. The van der Waals surface area contributed by atoms with Crippen LogP contribution in [0.15, 0.2) is 36.9 Å². The van der Waals surface area contributed by atoms with Crippen molar-refractivity contribution in [1.29, 1.82) is 0 Å². The fourth-order valence-electron chi connectivity index (χ4n) is 2.29. The van der Waals surface area contributed by atoms with Crippen LogP contribution in [0, 0.1) is 0 Å². The lowest BCUT2D eigenvalue weighted by molar-refractivity contribution is 0.0740. The predicted octanol–water partition coefficient (Wildman–Crippen LogP) is 0.416. The maximum absolute atomic E-state index is 12.3. The minimum absolute atomic E-state index is 0.0759. The Kier molecular flexibility index (Phi) is 3.63. The summed E-state index contributed by atoms with van der Waals surface area (Å²) in [7, 11) is 0. The predicted molar refractivity (Wildman–Crippen MR) is 78.8 cm³/mol. The number of piperazine rings is 1. The SMILES string of the molecule is Nc1ccc(N2CCN(C(=O)c3cnccn3)CC2)nc1. The van der Waals surface area contributed by atoms with E-state index in [1.807, 2.05) is 12.1 Å². The Balaban J connectivity index is 1.63. The van der Waals surface area contributed by atoms with Gasteiger partial charge in [-0.05, 0) is 12.1 Å². The zero-order valence-corrected chi connectivity index (χ0v) is 11.5. The molecule has 21 heavy (non-hydrogen) atoms. The molecule has 2 N–H and O–H groups in total. The van der Waals surface area contributed by atoms with Crippen LogP contribution < -0.4 is 10.6 Å². The van der Waals surface area contributed by atoms with Gasteiger partial charge in [0.05, 0.1) is 18.1 Å². The van der Waals surface area contributed by atoms with Crippen LogP contribution in [0.5, 0.6) is 0 Å². The van der Waals surface area contributed by atoms with Gasteiger partial charge in [0, 0.05) is 38.6 Å². The van der Waals surface area contributed by atoms with Gasteiger partial charge >= 0.3 is 0 Å². The van der Waals surface area contributed by atoms with Crippen LogP contribution in [0.25, 0.3) is 0 Å². The van der Waals surface area contributed by atoms with Crippen LogP contribution >= 0.6 is 0 Å². The lowest BCUT2D eigenvalue weighted by Crippen LogP contribution is -2.49. The maximum atomic E-state index is 12.3. The average molecular weight is 284 g/mol. The number of nitrogens with two attached hydrogens (primary N) is 1. The van der Waals surface area contributed by atoms with Crippen molar-refractivity contribution in [3.05, 3.63) is 42.6 Å². The lowest BCUT2D eigenvalue weighted by Gasteiger charge is -2.35. The van der Waals surface area contributed by atoms with Crippen molar-refractivity contribution in [1.82, 2.24) is 19.9 Å². The number of carbonyl (C=O) groups excluding carboxylic acids is 1. The molecule has 7 heteroatoms. The van der Waals surface area contributed by atoms with E-state index in [-0.39, 0.29) is 5.91 Å². The highest BCUT2D eigenvalue weighted by Gasteiger charge is 2.23. The summed E-state index contributed by atoms with van der Waals surface area (Å²) >= 11 is 0. The van der Waals surface area contributed by atoms with Crippen molar-refractivity contribution in [2.45, 2.75) is 0 Å². The molecule has 1 aliphatic rings. The Morgan fingerprint density at radius 3 is 2.48 bits per heavy atom. The van der Waals surface area contributed by atoms with Gasteiger partial charge in [-0.15, -0.1) is 0 Å². The molecule has 2 aromatic heterocycles. The Morgan fingerprint density at radius 1 is 1.05 bits per heavy atom. The standard InChI is InChI=1S/C14H16N6O/c15-11-1-2-13(18-9-11)19-5-7-20(8-6-19)14(21)12-10-16-3-4-17-12/h1-4,9-10H,5-8,15H2. The third-order valence-electron chi connectivity index (χ3n) is 3.44. The molecule has 0 spiro atoms. The van der Waals surface area contributed by atoms with Gasteiger partial charge in [-0.3, -0.25) is 9.78 Å². The van der Waals surface area contributed by atoms with Gasteiger partial charge in [0.25, 0.3) is 5.91 Å². The van der Waals surface area contributed by atoms with E-state index in [1.54, 1.807) is 17.3 Å². The minimum atomic E-state index is -0.0759. The Hall–Kier alpha value is -2.70. The van der Waals surface area contributed by atoms with E-state index in [4.69, 9.17) is 5.73 Å². The van der Waals surface area contributed by atoms with Crippen LogP contribution in [-0.4, -0.2) is 51.9 Å². The van der Waals surface area contributed by atoms with Crippen LogP contribution in [-0.2, 0) is 0 Å².